The molecule has 2 aromatic carbocycles. The van der Waals surface area contributed by atoms with Crippen LogP contribution >= 0.6 is 11.6 Å². The van der Waals surface area contributed by atoms with Gasteiger partial charge in [-0.25, -0.2) is 4.39 Å². The van der Waals surface area contributed by atoms with Crippen LogP contribution in [-0.2, 0) is 4.79 Å². The molecule has 154 valence electrons. The molecule has 1 N–H and O–H groups in total. The molecule has 0 bridgehead atoms. The van der Waals surface area contributed by atoms with Gasteiger partial charge in [-0.2, -0.15) is 0 Å². The van der Waals surface area contributed by atoms with Crippen molar-refractivity contribution in [1.82, 2.24) is 4.98 Å². The Labute approximate surface area is 180 Å². The molecule has 2 saturated carbocycles. The van der Waals surface area contributed by atoms with Crippen molar-refractivity contribution >= 4 is 34.1 Å². The Morgan fingerprint density at radius 3 is 2.47 bits per heavy atom. The number of aromatic nitrogens is 1. The molecule has 0 radical (unpaired) electrons. The Balaban J connectivity index is 1.29. The highest BCUT2D eigenvalue weighted by molar-refractivity contribution is 6.30. The lowest BCUT2D eigenvalue weighted by Crippen LogP contribution is -2.48. The van der Waals surface area contributed by atoms with Gasteiger partial charge in [-0.15, -0.1) is 0 Å². The largest absolute Gasteiger partial charge is 0.326 e. The first kappa shape index (κ1) is 19.5. The highest BCUT2D eigenvalue weighted by Gasteiger charge is 2.51. The first-order chi connectivity index (χ1) is 14.5. The van der Waals surface area contributed by atoms with Gasteiger partial charge in [0.1, 0.15) is 5.82 Å². The molecule has 3 aromatic rings. The third kappa shape index (κ3) is 3.47. The minimum atomic E-state index is -0.220. The van der Waals surface area contributed by atoms with E-state index in [4.69, 9.17) is 11.6 Å². The van der Waals surface area contributed by atoms with E-state index in [-0.39, 0.29) is 23.1 Å². The summed E-state index contributed by atoms with van der Waals surface area (Å²) >= 11 is 5.94. The molecule has 2 fully saturated rings. The maximum absolute atomic E-state index is 13.8. The molecule has 0 aliphatic heterocycles. The molecule has 1 aromatic heterocycles. The minimum absolute atomic E-state index is 0.0701. The van der Waals surface area contributed by atoms with Crippen molar-refractivity contribution in [2.24, 2.45) is 11.3 Å². The lowest BCUT2D eigenvalue weighted by molar-refractivity contribution is -0.133. The van der Waals surface area contributed by atoms with Crippen LogP contribution in [0.3, 0.4) is 0 Å². The number of hydrogen-bond acceptors (Lipinski definition) is 2. The lowest BCUT2D eigenvalue weighted by Gasteiger charge is -2.52. The second-order valence-electron chi connectivity index (χ2n) is 8.79. The molecular weight excluding hydrogens is 399 g/mol. The van der Waals surface area contributed by atoms with E-state index in [0.717, 1.165) is 55.1 Å². The van der Waals surface area contributed by atoms with Crippen LogP contribution in [0.4, 0.5) is 10.1 Å². The van der Waals surface area contributed by atoms with E-state index in [1.165, 1.54) is 11.6 Å². The lowest BCUT2D eigenvalue weighted by atomic mass is 9.52. The fourth-order valence-corrected chi connectivity index (χ4v) is 5.59. The molecule has 1 spiro atoms. The van der Waals surface area contributed by atoms with E-state index < -0.39 is 0 Å². The summed E-state index contributed by atoms with van der Waals surface area (Å²) in [5, 5.41) is 4.65. The van der Waals surface area contributed by atoms with Gasteiger partial charge in [0.05, 0.1) is 5.52 Å². The Morgan fingerprint density at radius 1 is 1.03 bits per heavy atom. The first-order valence-electron chi connectivity index (χ1n) is 10.6. The molecule has 1 atom stereocenters. The summed E-state index contributed by atoms with van der Waals surface area (Å²) in [6, 6.07) is 14.1. The average Bonchev–Trinajstić information content (AvgIpc) is 2.74. The van der Waals surface area contributed by atoms with Gasteiger partial charge in [0.15, 0.2) is 0 Å². The Hall–Kier alpha value is -2.46. The predicted octanol–water partition coefficient (Wildman–Crippen LogP) is 6.72. The molecule has 0 unspecified atom stereocenters. The van der Waals surface area contributed by atoms with E-state index in [0.29, 0.717) is 10.9 Å². The van der Waals surface area contributed by atoms with Gasteiger partial charge >= 0.3 is 0 Å². The molecule has 3 nitrogen and oxygen atoms in total. The van der Waals surface area contributed by atoms with Crippen LogP contribution in [0, 0.1) is 17.2 Å². The quantitative estimate of drug-likeness (QED) is 0.509. The van der Waals surface area contributed by atoms with Crippen molar-refractivity contribution in [3.8, 4) is 0 Å². The number of carbonyl (C=O) groups excluding carboxylic acids is 1. The van der Waals surface area contributed by atoms with Crippen molar-refractivity contribution in [3.05, 3.63) is 71.1 Å². The topological polar surface area (TPSA) is 42.0 Å². The van der Waals surface area contributed by atoms with Gasteiger partial charge < -0.3 is 5.32 Å². The van der Waals surface area contributed by atoms with Crippen LogP contribution in [0.15, 0.2) is 54.7 Å². The van der Waals surface area contributed by atoms with Crippen molar-refractivity contribution in [1.29, 1.82) is 0 Å². The number of hydrogen-bond donors (Lipinski definition) is 1. The second kappa shape index (κ2) is 7.66. The number of halogens is 2. The number of amides is 1. The predicted molar refractivity (Wildman–Crippen MR) is 118 cm³/mol. The summed E-state index contributed by atoms with van der Waals surface area (Å²) < 4.78 is 13.8. The number of benzene rings is 2. The van der Waals surface area contributed by atoms with Crippen LogP contribution in [0.5, 0.6) is 0 Å². The third-order valence-corrected chi connectivity index (χ3v) is 7.51. The fourth-order valence-electron chi connectivity index (χ4n) is 5.47. The molecule has 2 aliphatic rings. The van der Waals surface area contributed by atoms with Crippen LogP contribution < -0.4 is 5.32 Å². The summed E-state index contributed by atoms with van der Waals surface area (Å²) in [6.45, 7) is 0. The maximum Gasteiger partial charge on any atom is 0.228 e. The second-order valence-corrected chi connectivity index (χ2v) is 9.22. The standard InChI is InChI=1S/C25H24ClFN2O/c26-17-1-4-19(5-2-17)29-24(30)22-9-13-25(22)11-7-16(8-12-25)20-10-14-28-23-6-3-18(27)15-21(20)23/h1-6,10,14-16,22H,7-9,11-13H2,(H,29,30)/t16-,22-,25+/m0/s1. The number of fused-ring (bicyclic) bond motifs is 1. The SMILES string of the molecule is O=C(Nc1ccc(Cl)cc1)[C@@H]1CC[C@]12CC[C@H](c1ccnc3ccc(F)cc31)CC2. The zero-order valence-corrected chi connectivity index (χ0v) is 17.5. The van der Waals surface area contributed by atoms with Crippen LogP contribution in [0.1, 0.15) is 50.0 Å². The van der Waals surface area contributed by atoms with Crippen molar-refractivity contribution in [2.75, 3.05) is 5.32 Å². The van der Waals surface area contributed by atoms with E-state index in [9.17, 15) is 9.18 Å². The summed E-state index contributed by atoms with van der Waals surface area (Å²) in [6.07, 6.45) is 8.02. The van der Waals surface area contributed by atoms with Gasteiger partial charge in [0, 0.05) is 28.2 Å². The summed E-state index contributed by atoms with van der Waals surface area (Å²) in [5.74, 6) is 0.365. The Kier molecular flexibility index (Phi) is 4.98. The van der Waals surface area contributed by atoms with Gasteiger partial charge in [0.25, 0.3) is 0 Å². The maximum atomic E-state index is 13.8. The fraction of sp³-hybridized carbons (Fsp3) is 0.360. The van der Waals surface area contributed by atoms with Crippen molar-refractivity contribution in [3.63, 3.8) is 0 Å². The highest BCUT2D eigenvalue weighted by atomic mass is 35.5. The summed E-state index contributed by atoms with van der Waals surface area (Å²) in [7, 11) is 0. The van der Waals surface area contributed by atoms with Gasteiger partial charge in [0.2, 0.25) is 5.91 Å². The molecule has 1 amide bonds. The molecule has 1 heterocycles. The van der Waals surface area contributed by atoms with Crippen molar-refractivity contribution in [2.45, 2.75) is 44.4 Å². The van der Waals surface area contributed by atoms with Gasteiger partial charge in [-0.3, -0.25) is 9.78 Å². The van der Waals surface area contributed by atoms with Crippen LogP contribution in [-0.4, -0.2) is 10.9 Å². The van der Waals surface area contributed by atoms with Crippen molar-refractivity contribution < 1.29 is 9.18 Å². The number of rotatable bonds is 3. The van der Waals surface area contributed by atoms with E-state index in [2.05, 4.69) is 10.3 Å². The van der Waals surface area contributed by atoms with E-state index in [1.807, 2.05) is 24.4 Å². The zero-order chi connectivity index (χ0) is 20.7. The van der Waals surface area contributed by atoms with Gasteiger partial charge in [-0.05, 0) is 104 Å². The Bertz CT molecular complexity index is 1090. The minimum Gasteiger partial charge on any atom is -0.326 e. The number of nitrogens with zero attached hydrogens (tertiary/aromatic N) is 1. The van der Waals surface area contributed by atoms with Gasteiger partial charge in [-0.1, -0.05) is 11.6 Å². The molecule has 5 rings (SSSR count). The number of pyridine rings is 1. The summed E-state index contributed by atoms with van der Waals surface area (Å²) in [4.78, 5) is 17.3. The summed E-state index contributed by atoms with van der Waals surface area (Å²) in [5.41, 5.74) is 2.94. The number of carbonyl (C=O) groups is 1. The Morgan fingerprint density at radius 2 is 1.77 bits per heavy atom. The molecule has 0 saturated heterocycles. The average molecular weight is 423 g/mol. The number of anilines is 1. The molecule has 2 aliphatic carbocycles. The molecule has 5 heteroatoms. The molecule has 30 heavy (non-hydrogen) atoms. The van der Waals surface area contributed by atoms with E-state index >= 15 is 0 Å². The number of nitrogens with one attached hydrogen (secondary N) is 1. The zero-order valence-electron chi connectivity index (χ0n) is 16.7. The first-order valence-corrected chi connectivity index (χ1v) is 11.0. The monoisotopic (exact) mass is 422 g/mol. The molecular formula is C25H24ClFN2O. The highest BCUT2D eigenvalue weighted by Crippen LogP contribution is 2.58. The normalized spacial score (nSPS) is 25.8. The van der Waals surface area contributed by atoms with E-state index in [1.54, 1.807) is 24.3 Å². The third-order valence-electron chi connectivity index (χ3n) is 7.26. The van der Waals surface area contributed by atoms with Crippen LogP contribution in [0.25, 0.3) is 10.9 Å². The smallest absolute Gasteiger partial charge is 0.228 e. The van der Waals surface area contributed by atoms with Crippen LogP contribution in [0.2, 0.25) is 5.02 Å².